The number of nitro benzene ring substituents is 1. The van der Waals surface area contributed by atoms with E-state index in [4.69, 9.17) is 0 Å². The Hall–Kier alpha value is -1.79. The summed E-state index contributed by atoms with van der Waals surface area (Å²) in [5.74, 6) is 0. The number of rotatable bonds is 3. The minimum absolute atomic E-state index is 0.149. The van der Waals surface area contributed by atoms with Crippen molar-refractivity contribution in [1.29, 1.82) is 0 Å². The van der Waals surface area contributed by atoms with Crippen molar-refractivity contribution in [2.75, 3.05) is 6.54 Å². The van der Waals surface area contributed by atoms with Crippen molar-refractivity contribution in [2.45, 2.75) is 25.8 Å². The average molecular weight is 289 g/mol. The van der Waals surface area contributed by atoms with Gasteiger partial charge in [0.15, 0.2) is 0 Å². The van der Waals surface area contributed by atoms with Crippen molar-refractivity contribution < 1.29 is 4.92 Å². The number of nitrogens with one attached hydrogen (secondary N) is 1. The molecule has 0 aliphatic carbocycles. The van der Waals surface area contributed by atoms with Gasteiger partial charge in [0, 0.05) is 22.6 Å². The molecule has 20 heavy (non-hydrogen) atoms. The van der Waals surface area contributed by atoms with Crippen molar-refractivity contribution in [2.24, 2.45) is 0 Å². The Morgan fingerprint density at radius 3 is 3.05 bits per heavy atom. The van der Waals surface area contributed by atoms with Crippen LogP contribution in [0.4, 0.5) is 5.69 Å². The first-order valence-electron chi connectivity index (χ1n) is 6.59. The second-order valence-electron chi connectivity index (χ2n) is 4.98. The number of hydrogen-bond acceptors (Lipinski definition) is 5. The molecule has 1 fully saturated rings. The van der Waals surface area contributed by atoms with Gasteiger partial charge >= 0.3 is 0 Å². The number of hydrogen-bond donors (Lipinski definition) is 1. The predicted molar refractivity (Wildman–Crippen MR) is 78.9 cm³/mol. The molecule has 5 nitrogen and oxygen atoms in total. The third-order valence-electron chi connectivity index (χ3n) is 3.58. The van der Waals surface area contributed by atoms with E-state index in [0.29, 0.717) is 11.6 Å². The summed E-state index contributed by atoms with van der Waals surface area (Å²) in [5.41, 5.74) is 2.45. The van der Waals surface area contributed by atoms with Crippen LogP contribution in [0.15, 0.2) is 23.6 Å². The van der Waals surface area contributed by atoms with E-state index in [2.05, 4.69) is 10.3 Å². The summed E-state index contributed by atoms with van der Waals surface area (Å²) in [7, 11) is 0. The Kier molecular flexibility index (Phi) is 3.50. The maximum absolute atomic E-state index is 11.0. The molecule has 1 unspecified atom stereocenters. The Bertz CT molecular complexity index is 648. The number of nitro groups is 1. The Labute approximate surface area is 120 Å². The second kappa shape index (κ2) is 5.30. The van der Waals surface area contributed by atoms with E-state index < -0.39 is 0 Å². The summed E-state index contributed by atoms with van der Waals surface area (Å²) in [4.78, 5) is 15.3. The molecule has 0 saturated carbocycles. The van der Waals surface area contributed by atoms with Crippen molar-refractivity contribution >= 4 is 17.0 Å². The van der Waals surface area contributed by atoms with Gasteiger partial charge in [0.2, 0.25) is 0 Å². The molecule has 1 aromatic carbocycles. The van der Waals surface area contributed by atoms with Crippen LogP contribution in [0.5, 0.6) is 0 Å². The van der Waals surface area contributed by atoms with E-state index in [1.807, 2.05) is 11.4 Å². The van der Waals surface area contributed by atoms with Crippen LogP contribution in [0.25, 0.3) is 11.3 Å². The Morgan fingerprint density at radius 1 is 1.50 bits per heavy atom. The van der Waals surface area contributed by atoms with Crippen LogP contribution < -0.4 is 5.32 Å². The molecule has 1 atom stereocenters. The summed E-state index contributed by atoms with van der Waals surface area (Å²) in [6.45, 7) is 2.78. The third kappa shape index (κ3) is 2.44. The second-order valence-corrected chi connectivity index (χ2v) is 5.87. The van der Waals surface area contributed by atoms with Crippen LogP contribution in [-0.2, 0) is 0 Å². The lowest BCUT2D eigenvalue weighted by molar-refractivity contribution is -0.385. The van der Waals surface area contributed by atoms with Crippen LogP contribution in [0.1, 0.15) is 29.5 Å². The summed E-state index contributed by atoms with van der Waals surface area (Å²) >= 11 is 1.62. The average Bonchev–Trinajstić information content (AvgIpc) is 3.09. The molecule has 0 radical (unpaired) electrons. The number of aromatic nitrogens is 1. The molecule has 1 aliphatic heterocycles. The van der Waals surface area contributed by atoms with Crippen LogP contribution in [0.2, 0.25) is 0 Å². The highest BCUT2D eigenvalue weighted by Crippen LogP contribution is 2.31. The highest BCUT2D eigenvalue weighted by molar-refractivity contribution is 7.10. The van der Waals surface area contributed by atoms with Gasteiger partial charge in [-0.2, -0.15) is 0 Å². The molecule has 0 amide bonds. The molecular formula is C14H15N3O2S. The lowest BCUT2D eigenvalue weighted by Gasteiger charge is -2.04. The lowest BCUT2D eigenvalue weighted by Crippen LogP contribution is -2.12. The molecule has 0 spiro atoms. The number of benzene rings is 1. The van der Waals surface area contributed by atoms with E-state index in [1.165, 1.54) is 6.42 Å². The molecule has 3 rings (SSSR count). The van der Waals surface area contributed by atoms with Crippen molar-refractivity contribution in [3.63, 3.8) is 0 Å². The summed E-state index contributed by atoms with van der Waals surface area (Å²) < 4.78 is 0. The van der Waals surface area contributed by atoms with Gasteiger partial charge in [0.1, 0.15) is 5.01 Å². The molecular weight excluding hydrogens is 274 g/mol. The van der Waals surface area contributed by atoms with Gasteiger partial charge in [-0.25, -0.2) is 4.98 Å². The fourth-order valence-corrected chi connectivity index (χ4v) is 3.38. The quantitative estimate of drug-likeness (QED) is 0.694. The molecule has 1 N–H and O–H groups in total. The first kappa shape index (κ1) is 13.2. The molecule has 6 heteroatoms. The van der Waals surface area contributed by atoms with Crippen molar-refractivity contribution in [3.05, 3.63) is 44.3 Å². The van der Waals surface area contributed by atoms with Crippen LogP contribution >= 0.6 is 11.3 Å². The summed E-state index contributed by atoms with van der Waals surface area (Å²) in [5, 5.41) is 17.5. The predicted octanol–water partition coefficient (Wildman–Crippen LogP) is 3.45. The van der Waals surface area contributed by atoms with Crippen molar-refractivity contribution in [3.8, 4) is 11.3 Å². The maximum atomic E-state index is 11.0. The third-order valence-corrected chi connectivity index (χ3v) is 4.54. The van der Waals surface area contributed by atoms with Crippen LogP contribution in [0.3, 0.4) is 0 Å². The van der Waals surface area contributed by atoms with E-state index >= 15 is 0 Å². The molecule has 1 aromatic heterocycles. The smallest absolute Gasteiger partial charge is 0.272 e. The van der Waals surface area contributed by atoms with Crippen LogP contribution in [0, 0.1) is 17.0 Å². The van der Waals surface area contributed by atoms with E-state index in [1.54, 1.807) is 30.4 Å². The van der Waals surface area contributed by atoms with Crippen LogP contribution in [-0.4, -0.2) is 16.5 Å². The first-order chi connectivity index (χ1) is 9.65. The van der Waals surface area contributed by atoms with Gasteiger partial charge in [0.05, 0.1) is 16.7 Å². The SMILES string of the molecule is Cc1ccc(-c2csc(C3CCCN3)n2)cc1[N+](=O)[O-]. The summed E-state index contributed by atoms with van der Waals surface area (Å²) in [6, 6.07) is 5.62. The van der Waals surface area contributed by atoms with Gasteiger partial charge in [0.25, 0.3) is 5.69 Å². The Morgan fingerprint density at radius 2 is 2.35 bits per heavy atom. The standard InChI is InChI=1S/C14H15N3O2S/c1-9-4-5-10(7-13(9)17(18)19)12-8-20-14(16-12)11-3-2-6-15-11/h4-5,7-8,11,15H,2-3,6H2,1H3. The zero-order valence-electron chi connectivity index (χ0n) is 11.1. The van der Waals surface area contributed by atoms with Gasteiger partial charge in [-0.15, -0.1) is 11.3 Å². The molecule has 1 saturated heterocycles. The van der Waals surface area contributed by atoms with Gasteiger partial charge < -0.3 is 5.32 Å². The fourth-order valence-electron chi connectivity index (χ4n) is 2.44. The largest absolute Gasteiger partial charge is 0.308 e. The molecule has 0 bridgehead atoms. The fraction of sp³-hybridized carbons (Fsp3) is 0.357. The van der Waals surface area contributed by atoms with E-state index in [-0.39, 0.29) is 10.6 Å². The molecule has 2 aromatic rings. The highest BCUT2D eigenvalue weighted by atomic mass is 32.1. The minimum Gasteiger partial charge on any atom is -0.308 e. The highest BCUT2D eigenvalue weighted by Gasteiger charge is 2.20. The molecule has 104 valence electrons. The van der Waals surface area contributed by atoms with Gasteiger partial charge in [-0.05, 0) is 26.3 Å². The normalized spacial score (nSPS) is 18.4. The number of nitrogens with zero attached hydrogens (tertiary/aromatic N) is 2. The minimum atomic E-state index is -0.343. The van der Waals surface area contributed by atoms with Gasteiger partial charge in [-0.3, -0.25) is 10.1 Å². The van der Waals surface area contributed by atoms with E-state index in [0.717, 1.165) is 29.2 Å². The van der Waals surface area contributed by atoms with E-state index in [9.17, 15) is 10.1 Å². The zero-order chi connectivity index (χ0) is 14.1. The monoisotopic (exact) mass is 289 g/mol. The lowest BCUT2D eigenvalue weighted by atomic mass is 10.1. The van der Waals surface area contributed by atoms with Crippen molar-refractivity contribution in [1.82, 2.24) is 10.3 Å². The molecule has 1 aliphatic rings. The first-order valence-corrected chi connectivity index (χ1v) is 7.47. The molecule has 2 heterocycles. The van der Waals surface area contributed by atoms with Gasteiger partial charge in [-0.1, -0.05) is 12.1 Å². The Balaban J connectivity index is 1.93. The maximum Gasteiger partial charge on any atom is 0.272 e. The number of aryl methyl sites for hydroxylation is 1. The zero-order valence-corrected chi connectivity index (χ0v) is 11.9. The summed E-state index contributed by atoms with van der Waals surface area (Å²) in [6.07, 6.45) is 2.29. The number of thiazole rings is 1. The topological polar surface area (TPSA) is 68.1 Å².